The third-order valence-electron chi connectivity index (χ3n) is 3.45. The van der Waals surface area contributed by atoms with Crippen molar-refractivity contribution in [1.82, 2.24) is 14.8 Å². The Kier molecular flexibility index (Phi) is 4.60. The fraction of sp³-hybridized carbons (Fsp3) is 0.462. The van der Waals surface area contributed by atoms with Gasteiger partial charge in [0.2, 0.25) is 5.91 Å². The summed E-state index contributed by atoms with van der Waals surface area (Å²) >= 11 is 0. The topological polar surface area (TPSA) is 79.5 Å². The zero-order chi connectivity index (χ0) is 14.2. The molecule has 0 aromatic carbocycles. The van der Waals surface area contributed by atoms with Gasteiger partial charge < -0.3 is 15.5 Å². The molecule has 1 aromatic heterocycles. The molecule has 2 heterocycles. The van der Waals surface area contributed by atoms with E-state index in [0.29, 0.717) is 24.5 Å². The molecule has 2 N–H and O–H groups in total. The van der Waals surface area contributed by atoms with Gasteiger partial charge in [-0.25, -0.2) is 4.98 Å². The van der Waals surface area contributed by atoms with Crippen LogP contribution in [0, 0.1) is 0 Å². The summed E-state index contributed by atoms with van der Waals surface area (Å²) in [5.41, 5.74) is 5.51. The van der Waals surface area contributed by atoms with Crippen molar-refractivity contribution < 1.29 is 9.59 Å². The number of carbonyl (C=O) groups excluding carboxylic acids is 2. The van der Waals surface area contributed by atoms with Crippen molar-refractivity contribution in [3.05, 3.63) is 24.0 Å². The van der Waals surface area contributed by atoms with Crippen LogP contribution < -0.4 is 5.73 Å². The number of aromatic nitrogens is 1. The van der Waals surface area contributed by atoms with Crippen LogP contribution in [0.1, 0.15) is 24.3 Å². The Balaban J connectivity index is 0.00000200. The Bertz CT molecular complexity index is 516. The van der Waals surface area contributed by atoms with E-state index in [0.717, 1.165) is 0 Å². The third kappa shape index (κ3) is 2.70. The normalized spacial score (nSPS) is 17.6. The Morgan fingerprint density at radius 2 is 2.00 bits per heavy atom. The minimum atomic E-state index is -0.854. The van der Waals surface area contributed by atoms with Crippen molar-refractivity contribution in [3.8, 4) is 0 Å². The minimum Gasteiger partial charge on any atom is -0.397 e. The maximum atomic E-state index is 12.4. The molecule has 2 rings (SSSR count). The number of amides is 2. The third-order valence-corrected chi connectivity index (χ3v) is 3.45. The van der Waals surface area contributed by atoms with E-state index in [-0.39, 0.29) is 24.2 Å². The first-order valence-corrected chi connectivity index (χ1v) is 6.13. The highest BCUT2D eigenvalue weighted by molar-refractivity contribution is 5.98. The predicted octanol–water partition coefficient (Wildman–Crippen LogP) is 0.778. The van der Waals surface area contributed by atoms with Gasteiger partial charge in [0.15, 0.2) is 0 Å². The van der Waals surface area contributed by atoms with Crippen LogP contribution in [0.15, 0.2) is 18.3 Å². The quantitative estimate of drug-likeness (QED) is 0.831. The zero-order valence-electron chi connectivity index (χ0n) is 11.8. The van der Waals surface area contributed by atoms with Crippen LogP contribution in [0.2, 0.25) is 0 Å². The number of carbonyl (C=O) groups is 2. The molecule has 1 aliphatic heterocycles. The Hall–Kier alpha value is -1.82. The summed E-state index contributed by atoms with van der Waals surface area (Å²) in [5, 5.41) is 0. The number of nitrogens with zero attached hydrogens (tertiary/aromatic N) is 3. The van der Waals surface area contributed by atoms with Gasteiger partial charge in [-0.3, -0.25) is 9.59 Å². The Morgan fingerprint density at radius 1 is 1.35 bits per heavy atom. The van der Waals surface area contributed by atoms with Crippen molar-refractivity contribution in [2.45, 2.75) is 19.4 Å². The molecule has 0 atom stereocenters. The first kappa shape index (κ1) is 16.2. The SMILES string of the molecule is CN1CCN(C(=O)c2ccc(N)cn2)C(C)(C)C1=O.Cl. The van der Waals surface area contributed by atoms with Crippen LogP contribution in [0.25, 0.3) is 0 Å². The number of rotatable bonds is 1. The van der Waals surface area contributed by atoms with Crippen molar-refractivity contribution in [1.29, 1.82) is 0 Å². The molecule has 6 nitrogen and oxygen atoms in total. The summed E-state index contributed by atoms with van der Waals surface area (Å²) < 4.78 is 0. The van der Waals surface area contributed by atoms with Crippen LogP contribution in [-0.4, -0.2) is 52.3 Å². The summed E-state index contributed by atoms with van der Waals surface area (Å²) in [6.07, 6.45) is 1.44. The number of hydrogen-bond donors (Lipinski definition) is 1. The van der Waals surface area contributed by atoms with Gasteiger partial charge in [-0.1, -0.05) is 0 Å². The summed E-state index contributed by atoms with van der Waals surface area (Å²) in [4.78, 5) is 31.8. The van der Waals surface area contributed by atoms with Crippen LogP contribution >= 0.6 is 12.4 Å². The molecule has 7 heteroatoms. The number of pyridine rings is 1. The highest BCUT2D eigenvalue weighted by Crippen LogP contribution is 2.23. The second-order valence-electron chi connectivity index (χ2n) is 5.22. The lowest BCUT2D eigenvalue weighted by Crippen LogP contribution is -2.63. The molecular formula is C13H19ClN4O2. The molecule has 1 fully saturated rings. The van der Waals surface area contributed by atoms with E-state index in [1.54, 1.807) is 42.8 Å². The van der Waals surface area contributed by atoms with Crippen molar-refractivity contribution in [2.24, 2.45) is 0 Å². The molecule has 0 unspecified atom stereocenters. The lowest BCUT2D eigenvalue weighted by atomic mass is 9.97. The highest BCUT2D eigenvalue weighted by atomic mass is 35.5. The van der Waals surface area contributed by atoms with Gasteiger partial charge in [0, 0.05) is 20.1 Å². The summed E-state index contributed by atoms with van der Waals surface area (Å²) in [6, 6.07) is 3.21. The number of nitrogen functional groups attached to an aromatic ring is 1. The van der Waals surface area contributed by atoms with Gasteiger partial charge in [-0.15, -0.1) is 12.4 Å². The van der Waals surface area contributed by atoms with Crippen LogP contribution in [0.5, 0.6) is 0 Å². The van der Waals surface area contributed by atoms with Crippen LogP contribution in [0.4, 0.5) is 5.69 Å². The number of nitrogens with two attached hydrogens (primary N) is 1. The maximum Gasteiger partial charge on any atom is 0.273 e. The van der Waals surface area contributed by atoms with Crippen LogP contribution in [0.3, 0.4) is 0 Å². The fourth-order valence-electron chi connectivity index (χ4n) is 2.24. The second kappa shape index (κ2) is 5.66. The fourth-order valence-corrected chi connectivity index (χ4v) is 2.24. The number of piperazine rings is 1. The van der Waals surface area contributed by atoms with Gasteiger partial charge in [0.25, 0.3) is 5.91 Å². The molecule has 110 valence electrons. The molecule has 1 aromatic rings. The number of halogens is 1. The monoisotopic (exact) mass is 298 g/mol. The molecule has 20 heavy (non-hydrogen) atoms. The minimum absolute atomic E-state index is 0. The van der Waals surface area contributed by atoms with E-state index in [4.69, 9.17) is 5.73 Å². The molecule has 1 saturated heterocycles. The van der Waals surface area contributed by atoms with Crippen molar-refractivity contribution in [2.75, 3.05) is 25.9 Å². The predicted molar refractivity (Wildman–Crippen MR) is 78.6 cm³/mol. The molecule has 2 amide bonds. The molecule has 0 bridgehead atoms. The van der Waals surface area contributed by atoms with E-state index in [1.165, 1.54) is 6.20 Å². The van der Waals surface area contributed by atoms with Gasteiger partial charge in [0.05, 0.1) is 11.9 Å². The Morgan fingerprint density at radius 3 is 2.55 bits per heavy atom. The maximum absolute atomic E-state index is 12.4. The highest BCUT2D eigenvalue weighted by Gasteiger charge is 2.43. The largest absolute Gasteiger partial charge is 0.397 e. The molecule has 0 aliphatic carbocycles. The lowest BCUT2D eigenvalue weighted by Gasteiger charge is -2.44. The molecule has 1 aliphatic rings. The van der Waals surface area contributed by atoms with Gasteiger partial charge in [0.1, 0.15) is 11.2 Å². The first-order valence-electron chi connectivity index (χ1n) is 6.13. The summed E-state index contributed by atoms with van der Waals surface area (Å²) in [7, 11) is 1.74. The molecule has 0 radical (unpaired) electrons. The molecule has 0 spiro atoms. The van der Waals surface area contributed by atoms with Gasteiger partial charge >= 0.3 is 0 Å². The number of anilines is 1. The van der Waals surface area contributed by atoms with E-state index < -0.39 is 5.54 Å². The van der Waals surface area contributed by atoms with Crippen LogP contribution in [-0.2, 0) is 4.79 Å². The lowest BCUT2D eigenvalue weighted by molar-refractivity contribution is -0.144. The smallest absolute Gasteiger partial charge is 0.273 e. The average Bonchev–Trinajstić information content (AvgIpc) is 2.36. The molecular weight excluding hydrogens is 280 g/mol. The Labute approximate surface area is 124 Å². The van der Waals surface area contributed by atoms with Crippen molar-refractivity contribution in [3.63, 3.8) is 0 Å². The van der Waals surface area contributed by atoms with E-state index in [9.17, 15) is 9.59 Å². The van der Waals surface area contributed by atoms with E-state index in [1.807, 2.05) is 0 Å². The standard InChI is InChI=1S/C13H18N4O2.ClH/c1-13(2)12(19)16(3)6-7-17(13)11(18)10-5-4-9(14)8-15-10;/h4-5,8H,6-7,14H2,1-3H3;1H. The number of hydrogen-bond acceptors (Lipinski definition) is 4. The zero-order valence-corrected chi connectivity index (χ0v) is 12.6. The van der Waals surface area contributed by atoms with Gasteiger partial charge in [-0.2, -0.15) is 0 Å². The average molecular weight is 299 g/mol. The van der Waals surface area contributed by atoms with E-state index >= 15 is 0 Å². The number of likely N-dealkylation sites (N-methyl/N-ethyl adjacent to an activating group) is 1. The summed E-state index contributed by atoms with van der Waals surface area (Å²) in [6.45, 7) is 4.53. The second-order valence-corrected chi connectivity index (χ2v) is 5.22. The van der Waals surface area contributed by atoms with Crippen molar-refractivity contribution >= 4 is 29.9 Å². The first-order chi connectivity index (χ1) is 8.84. The molecule has 0 saturated carbocycles. The summed E-state index contributed by atoms with van der Waals surface area (Å²) in [5.74, 6) is -0.311. The van der Waals surface area contributed by atoms with Gasteiger partial charge in [-0.05, 0) is 26.0 Å². The van der Waals surface area contributed by atoms with E-state index in [2.05, 4.69) is 4.98 Å².